The van der Waals surface area contributed by atoms with Crippen molar-refractivity contribution in [3.63, 3.8) is 0 Å². The van der Waals surface area contributed by atoms with Crippen LogP contribution in [0.3, 0.4) is 0 Å². The molecule has 6 heteroatoms. The van der Waals surface area contributed by atoms with Crippen molar-refractivity contribution in [1.29, 1.82) is 0 Å². The number of imidazole rings is 1. The van der Waals surface area contributed by atoms with E-state index >= 15 is 0 Å². The number of pyridine rings is 1. The van der Waals surface area contributed by atoms with E-state index < -0.39 is 0 Å². The van der Waals surface area contributed by atoms with Gasteiger partial charge < -0.3 is 10.4 Å². The summed E-state index contributed by atoms with van der Waals surface area (Å²) in [6.45, 7) is 2.59. The Balaban J connectivity index is 1.81. The van der Waals surface area contributed by atoms with Gasteiger partial charge in [-0.1, -0.05) is 35.3 Å². The van der Waals surface area contributed by atoms with Gasteiger partial charge in [-0.25, -0.2) is 4.98 Å². The number of hydrogen-bond donors (Lipinski definition) is 2. The van der Waals surface area contributed by atoms with Crippen molar-refractivity contribution < 1.29 is 5.11 Å². The van der Waals surface area contributed by atoms with E-state index in [0.29, 0.717) is 27.8 Å². The maximum absolute atomic E-state index is 10.4. The molecule has 0 unspecified atom stereocenters. The molecule has 0 aliphatic heterocycles. The highest BCUT2D eigenvalue weighted by molar-refractivity contribution is 6.31. The number of nitrogens with zero attached hydrogens (tertiary/aromatic N) is 2. The van der Waals surface area contributed by atoms with Crippen LogP contribution >= 0.6 is 23.2 Å². The number of phenolic OH excluding ortho intramolecular Hbond substituents is 1. The second-order valence-corrected chi connectivity index (χ2v) is 7.26. The average molecular weight is 398 g/mol. The van der Waals surface area contributed by atoms with Crippen molar-refractivity contribution in [2.75, 3.05) is 5.32 Å². The number of phenols is 1. The van der Waals surface area contributed by atoms with E-state index in [1.807, 2.05) is 53.9 Å². The van der Waals surface area contributed by atoms with Crippen LogP contribution in [0.5, 0.6) is 5.75 Å². The second kappa shape index (κ2) is 7.14. The lowest BCUT2D eigenvalue weighted by molar-refractivity contribution is 0.477. The van der Waals surface area contributed by atoms with E-state index in [1.165, 1.54) is 6.07 Å². The minimum Gasteiger partial charge on any atom is -0.507 e. The first-order valence-corrected chi connectivity index (χ1v) is 9.23. The fraction of sp³-hybridized carbons (Fsp3) is 0.0952. The zero-order valence-electron chi connectivity index (χ0n) is 14.6. The number of rotatable bonds is 4. The van der Waals surface area contributed by atoms with E-state index in [0.717, 1.165) is 22.6 Å². The number of aromatic nitrogens is 2. The molecule has 2 aromatic carbocycles. The van der Waals surface area contributed by atoms with Gasteiger partial charge in [-0.2, -0.15) is 0 Å². The van der Waals surface area contributed by atoms with Gasteiger partial charge in [0.05, 0.1) is 0 Å². The molecule has 0 aliphatic carbocycles. The van der Waals surface area contributed by atoms with Gasteiger partial charge in [-0.3, -0.25) is 4.40 Å². The standard InChI is InChI=1S/C21H17Cl2N3O/c1-13-7-8-26-19(9-13)25-20(17-6-5-16(23)11-18(17)27)21(26)24-12-14-3-2-4-15(22)10-14/h2-11,24,27H,12H2,1H3. The lowest BCUT2D eigenvalue weighted by atomic mass is 10.1. The molecule has 4 rings (SSSR count). The summed E-state index contributed by atoms with van der Waals surface area (Å²) in [5, 5.41) is 15.0. The van der Waals surface area contributed by atoms with E-state index in [-0.39, 0.29) is 5.75 Å². The van der Waals surface area contributed by atoms with Gasteiger partial charge in [0.25, 0.3) is 0 Å². The Morgan fingerprint density at radius 3 is 2.63 bits per heavy atom. The maximum atomic E-state index is 10.4. The molecule has 0 saturated heterocycles. The van der Waals surface area contributed by atoms with Crippen LogP contribution in [-0.4, -0.2) is 14.5 Å². The molecular formula is C21H17Cl2N3O. The number of aromatic hydroxyl groups is 1. The third-order valence-electron chi connectivity index (χ3n) is 4.35. The summed E-state index contributed by atoms with van der Waals surface area (Å²) >= 11 is 12.1. The summed E-state index contributed by atoms with van der Waals surface area (Å²) in [6.07, 6.45) is 1.97. The number of aryl methyl sites for hydroxylation is 1. The number of hydrogen-bond acceptors (Lipinski definition) is 3. The molecule has 0 spiro atoms. The van der Waals surface area contributed by atoms with Crippen LogP contribution in [0.4, 0.5) is 5.82 Å². The van der Waals surface area contributed by atoms with Crippen LogP contribution in [0.25, 0.3) is 16.9 Å². The number of fused-ring (bicyclic) bond motifs is 1. The van der Waals surface area contributed by atoms with Crippen molar-refractivity contribution >= 4 is 34.7 Å². The van der Waals surface area contributed by atoms with Crippen LogP contribution in [0.2, 0.25) is 10.0 Å². The van der Waals surface area contributed by atoms with E-state index in [9.17, 15) is 5.11 Å². The molecule has 0 fully saturated rings. The highest BCUT2D eigenvalue weighted by Crippen LogP contribution is 2.36. The predicted octanol–water partition coefficient (Wildman–Crippen LogP) is 5.93. The summed E-state index contributed by atoms with van der Waals surface area (Å²) in [5.74, 6) is 0.885. The van der Waals surface area contributed by atoms with Gasteiger partial charge in [-0.05, 0) is 60.5 Å². The Kier molecular flexibility index (Phi) is 4.68. The lowest BCUT2D eigenvalue weighted by Gasteiger charge is -2.10. The Bertz CT molecular complexity index is 1140. The lowest BCUT2D eigenvalue weighted by Crippen LogP contribution is -2.03. The van der Waals surface area contributed by atoms with Gasteiger partial charge >= 0.3 is 0 Å². The topological polar surface area (TPSA) is 49.6 Å². The molecule has 2 heterocycles. The molecule has 0 atom stereocenters. The minimum absolute atomic E-state index is 0.0911. The molecule has 2 aromatic heterocycles. The molecule has 2 N–H and O–H groups in total. The highest BCUT2D eigenvalue weighted by Gasteiger charge is 2.17. The van der Waals surface area contributed by atoms with Gasteiger partial charge in [0, 0.05) is 28.4 Å². The van der Waals surface area contributed by atoms with Gasteiger partial charge in [0.2, 0.25) is 0 Å². The van der Waals surface area contributed by atoms with Crippen LogP contribution in [0.15, 0.2) is 60.8 Å². The third-order valence-corrected chi connectivity index (χ3v) is 4.82. The molecule has 27 heavy (non-hydrogen) atoms. The first-order valence-electron chi connectivity index (χ1n) is 8.47. The zero-order valence-corrected chi connectivity index (χ0v) is 16.1. The van der Waals surface area contributed by atoms with Crippen LogP contribution in [0.1, 0.15) is 11.1 Å². The molecule has 4 aromatic rings. The second-order valence-electron chi connectivity index (χ2n) is 6.39. The van der Waals surface area contributed by atoms with Crippen molar-refractivity contribution in [2.45, 2.75) is 13.5 Å². The summed E-state index contributed by atoms with van der Waals surface area (Å²) in [7, 11) is 0. The Morgan fingerprint density at radius 2 is 1.85 bits per heavy atom. The van der Waals surface area contributed by atoms with E-state index in [2.05, 4.69) is 5.32 Å². The molecule has 0 amide bonds. The molecule has 4 nitrogen and oxygen atoms in total. The maximum Gasteiger partial charge on any atom is 0.139 e. The summed E-state index contributed by atoms with van der Waals surface area (Å²) in [6, 6.07) is 16.7. The molecule has 136 valence electrons. The predicted molar refractivity (Wildman–Crippen MR) is 111 cm³/mol. The van der Waals surface area contributed by atoms with Crippen molar-refractivity contribution in [3.05, 3.63) is 82.0 Å². The normalized spacial score (nSPS) is 11.1. The molecule has 0 aliphatic rings. The smallest absolute Gasteiger partial charge is 0.139 e. The highest BCUT2D eigenvalue weighted by atomic mass is 35.5. The Morgan fingerprint density at radius 1 is 1.04 bits per heavy atom. The van der Waals surface area contributed by atoms with Crippen LogP contribution in [0, 0.1) is 6.92 Å². The van der Waals surface area contributed by atoms with Crippen molar-refractivity contribution in [3.8, 4) is 17.0 Å². The molecule has 0 saturated carbocycles. The summed E-state index contributed by atoms with van der Waals surface area (Å²) < 4.78 is 1.97. The first-order chi connectivity index (χ1) is 13.0. The number of anilines is 1. The fourth-order valence-electron chi connectivity index (χ4n) is 3.04. The number of nitrogens with one attached hydrogen (secondary N) is 1. The number of benzene rings is 2. The monoisotopic (exact) mass is 397 g/mol. The summed E-state index contributed by atoms with van der Waals surface area (Å²) in [4.78, 5) is 4.74. The molecular weight excluding hydrogens is 381 g/mol. The van der Waals surface area contributed by atoms with E-state index in [4.69, 9.17) is 28.2 Å². The Hall–Kier alpha value is -2.69. The van der Waals surface area contributed by atoms with Crippen LogP contribution in [-0.2, 0) is 6.54 Å². The number of halogens is 2. The third kappa shape index (κ3) is 3.59. The van der Waals surface area contributed by atoms with Crippen molar-refractivity contribution in [2.24, 2.45) is 0 Å². The first kappa shape index (κ1) is 17.7. The molecule has 0 bridgehead atoms. The molecule has 0 radical (unpaired) electrons. The van der Waals surface area contributed by atoms with Crippen LogP contribution < -0.4 is 5.32 Å². The van der Waals surface area contributed by atoms with Gasteiger partial charge in [0.1, 0.15) is 22.9 Å². The van der Waals surface area contributed by atoms with E-state index in [1.54, 1.807) is 12.1 Å². The quantitative estimate of drug-likeness (QED) is 0.448. The fourth-order valence-corrected chi connectivity index (χ4v) is 3.42. The summed E-state index contributed by atoms with van der Waals surface area (Å²) in [5.41, 5.74) is 4.25. The average Bonchev–Trinajstić information content (AvgIpc) is 2.97. The van der Waals surface area contributed by atoms with Crippen molar-refractivity contribution in [1.82, 2.24) is 9.38 Å². The largest absolute Gasteiger partial charge is 0.507 e. The minimum atomic E-state index is 0.0911. The SMILES string of the molecule is Cc1ccn2c(NCc3cccc(Cl)c3)c(-c3ccc(Cl)cc3O)nc2c1. The zero-order chi connectivity index (χ0) is 19.0. The Labute approximate surface area is 167 Å². The van der Waals surface area contributed by atoms with Gasteiger partial charge in [-0.15, -0.1) is 0 Å². The van der Waals surface area contributed by atoms with Gasteiger partial charge in [0.15, 0.2) is 0 Å².